The van der Waals surface area contributed by atoms with E-state index in [-0.39, 0.29) is 6.04 Å². The number of aryl methyl sites for hydroxylation is 1. The molecule has 1 aliphatic rings. The van der Waals surface area contributed by atoms with Crippen LogP contribution < -0.4 is 0 Å². The topological polar surface area (TPSA) is 49.7 Å². The fourth-order valence-corrected chi connectivity index (χ4v) is 4.26. The van der Waals surface area contributed by atoms with Gasteiger partial charge in [0.25, 0.3) is 0 Å². The lowest BCUT2D eigenvalue weighted by Gasteiger charge is -2.19. The molecule has 0 spiro atoms. The van der Waals surface area contributed by atoms with Gasteiger partial charge in [0.05, 0.1) is 12.0 Å². The molecule has 0 amide bonds. The van der Waals surface area contributed by atoms with Crippen LogP contribution in [-0.4, -0.2) is 24.8 Å². The van der Waals surface area contributed by atoms with Crippen LogP contribution in [0.4, 0.5) is 0 Å². The van der Waals surface area contributed by atoms with Crippen LogP contribution in [0.3, 0.4) is 0 Å². The van der Waals surface area contributed by atoms with Crippen molar-refractivity contribution in [1.29, 1.82) is 0 Å². The van der Waals surface area contributed by atoms with Crippen molar-refractivity contribution < 1.29 is 8.42 Å². The molecule has 0 bridgehead atoms. The summed E-state index contributed by atoms with van der Waals surface area (Å²) in [6.07, 6.45) is 1.81. The predicted octanol–water partition coefficient (Wildman–Crippen LogP) is 3.17. The number of benzene rings is 1. The van der Waals surface area contributed by atoms with Crippen molar-refractivity contribution in [2.24, 2.45) is 5.10 Å². The number of rotatable bonds is 3. The summed E-state index contributed by atoms with van der Waals surface area (Å²) in [6.45, 7) is 2.02. The Morgan fingerprint density at radius 1 is 1.29 bits per heavy atom. The van der Waals surface area contributed by atoms with Crippen LogP contribution >= 0.6 is 11.3 Å². The molecule has 0 N–H and O–H groups in total. The molecule has 3 rings (SSSR count). The van der Waals surface area contributed by atoms with E-state index in [0.717, 1.165) is 21.7 Å². The van der Waals surface area contributed by atoms with Crippen LogP contribution in [0.5, 0.6) is 0 Å². The van der Waals surface area contributed by atoms with Gasteiger partial charge in [0, 0.05) is 11.3 Å². The Morgan fingerprint density at radius 2 is 2.10 bits per heavy atom. The summed E-state index contributed by atoms with van der Waals surface area (Å²) in [4.78, 5) is 1.02. The fourth-order valence-electron chi connectivity index (χ4n) is 2.49. The minimum absolute atomic E-state index is 0.226. The summed E-state index contributed by atoms with van der Waals surface area (Å²) < 4.78 is 25.3. The van der Waals surface area contributed by atoms with E-state index in [4.69, 9.17) is 0 Å². The van der Waals surface area contributed by atoms with Crippen LogP contribution in [0.15, 0.2) is 46.9 Å². The van der Waals surface area contributed by atoms with Crippen molar-refractivity contribution in [2.75, 3.05) is 6.26 Å². The highest BCUT2D eigenvalue weighted by Gasteiger charge is 2.34. The summed E-state index contributed by atoms with van der Waals surface area (Å²) in [5.74, 6) is 0. The summed E-state index contributed by atoms with van der Waals surface area (Å²) >= 11 is 1.56. The first-order valence-electron chi connectivity index (χ1n) is 6.62. The van der Waals surface area contributed by atoms with Gasteiger partial charge in [0.15, 0.2) is 0 Å². The number of sulfonamides is 1. The molecule has 0 saturated carbocycles. The molecule has 6 heteroatoms. The maximum absolute atomic E-state index is 12.0. The van der Waals surface area contributed by atoms with Crippen molar-refractivity contribution in [2.45, 2.75) is 19.4 Å². The molecule has 1 aromatic carbocycles. The van der Waals surface area contributed by atoms with E-state index < -0.39 is 10.0 Å². The Labute approximate surface area is 128 Å². The first kappa shape index (κ1) is 14.3. The van der Waals surface area contributed by atoms with Gasteiger partial charge < -0.3 is 0 Å². The van der Waals surface area contributed by atoms with Gasteiger partial charge in [-0.1, -0.05) is 35.9 Å². The molecule has 2 heterocycles. The summed E-state index contributed by atoms with van der Waals surface area (Å²) in [7, 11) is -3.38. The Hall–Kier alpha value is -1.66. The average molecular weight is 320 g/mol. The van der Waals surface area contributed by atoms with Crippen molar-refractivity contribution >= 4 is 27.1 Å². The van der Waals surface area contributed by atoms with Gasteiger partial charge in [-0.15, -0.1) is 11.3 Å². The molecule has 2 aromatic rings. The zero-order valence-electron chi connectivity index (χ0n) is 11.9. The van der Waals surface area contributed by atoms with Crippen molar-refractivity contribution in [3.8, 4) is 0 Å². The first-order valence-corrected chi connectivity index (χ1v) is 9.35. The smallest absolute Gasteiger partial charge is 0.205 e. The van der Waals surface area contributed by atoms with Crippen molar-refractivity contribution in [3.63, 3.8) is 0 Å². The van der Waals surface area contributed by atoms with Gasteiger partial charge >= 0.3 is 0 Å². The van der Waals surface area contributed by atoms with Crippen LogP contribution in [0.25, 0.3) is 0 Å². The van der Waals surface area contributed by atoms with E-state index in [9.17, 15) is 8.42 Å². The largest absolute Gasteiger partial charge is 0.247 e. The minimum Gasteiger partial charge on any atom is -0.205 e. The molecule has 0 fully saturated rings. The summed E-state index contributed by atoms with van der Waals surface area (Å²) in [5.41, 5.74) is 2.95. The van der Waals surface area contributed by atoms with Crippen molar-refractivity contribution in [3.05, 3.63) is 57.8 Å². The molecule has 0 radical (unpaired) electrons. The maximum Gasteiger partial charge on any atom is 0.247 e. The van der Waals surface area contributed by atoms with Crippen LogP contribution in [0, 0.1) is 6.92 Å². The third-order valence-electron chi connectivity index (χ3n) is 3.44. The Morgan fingerprint density at radius 3 is 2.71 bits per heavy atom. The predicted molar refractivity (Wildman–Crippen MR) is 86.1 cm³/mol. The maximum atomic E-state index is 12.0. The molecule has 1 aliphatic heterocycles. The Bertz CT molecular complexity index is 780. The normalized spacial score (nSPS) is 18.9. The Kier molecular flexibility index (Phi) is 3.59. The van der Waals surface area contributed by atoms with Gasteiger partial charge in [-0.25, -0.2) is 8.42 Å². The Balaban J connectivity index is 2.01. The second-order valence-corrected chi connectivity index (χ2v) is 8.01. The van der Waals surface area contributed by atoms with E-state index >= 15 is 0 Å². The third-order valence-corrected chi connectivity index (χ3v) is 5.42. The second-order valence-electron chi connectivity index (χ2n) is 5.19. The highest BCUT2D eigenvalue weighted by molar-refractivity contribution is 7.88. The van der Waals surface area contributed by atoms with Crippen LogP contribution in [0.2, 0.25) is 0 Å². The lowest BCUT2D eigenvalue weighted by Crippen LogP contribution is -2.25. The van der Waals surface area contributed by atoms with Gasteiger partial charge in [-0.05, 0) is 23.9 Å². The lowest BCUT2D eigenvalue weighted by atomic mass is 10.0. The average Bonchev–Trinajstić information content (AvgIpc) is 3.07. The molecule has 1 aromatic heterocycles. The standard InChI is InChI=1S/C15H16N2O2S2/c1-11-5-3-6-12(9-11)13-10-14(15-7-4-8-20-15)17(16-13)21(2,18)19/h3-9,14H,10H2,1-2H3/t14-/m1/s1. The third kappa shape index (κ3) is 2.87. The lowest BCUT2D eigenvalue weighted by molar-refractivity contribution is 0.379. The van der Waals surface area contributed by atoms with Crippen LogP contribution in [-0.2, 0) is 10.0 Å². The molecule has 1 atom stereocenters. The molecule has 21 heavy (non-hydrogen) atoms. The summed E-state index contributed by atoms with van der Waals surface area (Å²) in [5, 5.41) is 6.34. The second kappa shape index (κ2) is 5.27. The number of hydrogen-bond donors (Lipinski definition) is 0. The highest BCUT2D eigenvalue weighted by Crippen LogP contribution is 2.36. The molecule has 0 unspecified atom stereocenters. The van der Waals surface area contributed by atoms with E-state index in [2.05, 4.69) is 5.10 Å². The number of nitrogens with zero attached hydrogens (tertiary/aromatic N) is 2. The van der Waals surface area contributed by atoms with E-state index in [0.29, 0.717) is 6.42 Å². The van der Waals surface area contributed by atoms with E-state index in [1.807, 2.05) is 48.7 Å². The number of hydrazone groups is 1. The van der Waals surface area contributed by atoms with E-state index in [1.165, 1.54) is 10.7 Å². The molecule has 0 aliphatic carbocycles. The van der Waals surface area contributed by atoms with Gasteiger partial charge in [0.1, 0.15) is 6.04 Å². The highest BCUT2D eigenvalue weighted by atomic mass is 32.2. The van der Waals surface area contributed by atoms with Gasteiger partial charge in [-0.2, -0.15) is 9.52 Å². The van der Waals surface area contributed by atoms with Gasteiger partial charge in [-0.3, -0.25) is 0 Å². The summed E-state index contributed by atoms with van der Waals surface area (Å²) in [6, 6.07) is 11.7. The SMILES string of the molecule is Cc1cccc(C2=NN(S(C)(=O)=O)[C@@H](c3cccs3)C2)c1. The zero-order valence-corrected chi connectivity index (χ0v) is 13.5. The quantitative estimate of drug-likeness (QED) is 0.872. The minimum atomic E-state index is -3.38. The monoisotopic (exact) mass is 320 g/mol. The van der Waals surface area contributed by atoms with E-state index in [1.54, 1.807) is 11.3 Å². The molecule has 0 saturated heterocycles. The number of thiophene rings is 1. The van der Waals surface area contributed by atoms with Gasteiger partial charge in [0.2, 0.25) is 10.0 Å². The molecule has 110 valence electrons. The number of hydrogen-bond acceptors (Lipinski definition) is 4. The molecular weight excluding hydrogens is 304 g/mol. The molecular formula is C15H16N2O2S2. The molecule has 4 nitrogen and oxygen atoms in total. The van der Waals surface area contributed by atoms with Crippen LogP contribution in [0.1, 0.15) is 28.5 Å². The fraction of sp³-hybridized carbons (Fsp3) is 0.267. The van der Waals surface area contributed by atoms with Crippen molar-refractivity contribution in [1.82, 2.24) is 4.41 Å². The zero-order chi connectivity index (χ0) is 15.0. The first-order chi connectivity index (χ1) is 9.95.